The number of aromatic amines is 1. The van der Waals surface area contributed by atoms with E-state index < -0.39 is 18.4 Å². The van der Waals surface area contributed by atoms with Gasteiger partial charge in [0.2, 0.25) is 0 Å². The second-order valence-electron chi connectivity index (χ2n) is 10.5. The number of hydrogen-bond donors (Lipinski definition) is 6. The molecule has 2 atom stereocenters. The zero-order chi connectivity index (χ0) is 28.6. The minimum absolute atomic E-state index is 0.0202. The molecule has 9 heteroatoms. The fraction of sp³-hybridized carbons (Fsp3) is 0.387. The summed E-state index contributed by atoms with van der Waals surface area (Å²) in [7, 11) is 0. The van der Waals surface area contributed by atoms with Gasteiger partial charge in [-0.2, -0.15) is 0 Å². The van der Waals surface area contributed by atoms with Gasteiger partial charge in [-0.25, -0.2) is 0 Å². The zero-order valence-corrected chi connectivity index (χ0v) is 22.9. The zero-order valence-electron chi connectivity index (χ0n) is 22.9. The van der Waals surface area contributed by atoms with E-state index in [-0.39, 0.29) is 37.5 Å². The Balaban J connectivity index is 1.33. The van der Waals surface area contributed by atoms with Crippen molar-refractivity contribution in [3.63, 3.8) is 0 Å². The Morgan fingerprint density at radius 3 is 2.67 bits per heavy atom. The number of phenols is 1. The monoisotopic (exact) mass is 548 g/mol. The summed E-state index contributed by atoms with van der Waals surface area (Å²) >= 11 is 0. The van der Waals surface area contributed by atoms with Crippen LogP contribution in [0, 0.1) is 0 Å². The number of nitrogens with one attached hydrogen (secondary N) is 1. The Morgan fingerprint density at radius 2 is 1.90 bits per heavy atom. The van der Waals surface area contributed by atoms with Crippen LogP contribution in [0.4, 0.5) is 0 Å². The first-order valence-corrected chi connectivity index (χ1v) is 13.8. The number of aliphatic hydroxyl groups excluding tert-OH is 2. The maximum Gasteiger partial charge on any atom is 0.165 e. The summed E-state index contributed by atoms with van der Waals surface area (Å²) in [5, 5.41) is 31.3. The summed E-state index contributed by atoms with van der Waals surface area (Å²) in [5.41, 5.74) is 16.6. The Morgan fingerprint density at radius 1 is 1.07 bits per heavy atom. The van der Waals surface area contributed by atoms with Gasteiger partial charge in [-0.3, -0.25) is 4.79 Å². The molecule has 0 fully saturated rings. The van der Waals surface area contributed by atoms with E-state index in [1.54, 1.807) is 18.2 Å². The van der Waals surface area contributed by atoms with Crippen LogP contribution in [0.2, 0.25) is 0 Å². The van der Waals surface area contributed by atoms with Crippen molar-refractivity contribution >= 4 is 16.7 Å². The number of aromatic nitrogens is 2. The van der Waals surface area contributed by atoms with E-state index in [9.17, 15) is 20.1 Å². The van der Waals surface area contributed by atoms with Crippen LogP contribution in [0.25, 0.3) is 10.9 Å². The van der Waals surface area contributed by atoms with Gasteiger partial charge in [0, 0.05) is 36.8 Å². The molecule has 214 valence electrons. The molecule has 40 heavy (non-hydrogen) atoms. The lowest BCUT2D eigenvalue weighted by Crippen LogP contribution is -2.20. The van der Waals surface area contributed by atoms with Gasteiger partial charge in [-0.1, -0.05) is 43.7 Å². The van der Waals surface area contributed by atoms with Crippen molar-refractivity contribution < 1.29 is 24.9 Å². The summed E-state index contributed by atoms with van der Waals surface area (Å²) < 4.78 is 7.82. The van der Waals surface area contributed by atoms with Gasteiger partial charge >= 0.3 is 0 Å². The number of carbonyl (C=O) groups is 1. The second kappa shape index (κ2) is 13.6. The molecule has 2 heterocycles. The van der Waals surface area contributed by atoms with E-state index in [1.165, 1.54) is 0 Å². The standard InChI is InChI=1S/C31H40N4O5/c1-2-4-24(36)14-26(38)15-25(37)9-7-20-8-10-29(39)30(13-20)40-19-35-17-27-23(16-34-28(27)18-35)12-21-5-3-6-22(11-21)31(32)33/h3,5-6,8,10-11,13,16-18,24,26,31,34,36,38-39H,2,4,7,9,12,14-15,19,32-33H2,1H3/t24-,26+/m0/s1. The first-order valence-electron chi connectivity index (χ1n) is 13.8. The van der Waals surface area contributed by atoms with E-state index in [4.69, 9.17) is 16.2 Å². The Hall–Kier alpha value is -3.63. The van der Waals surface area contributed by atoms with Crippen LogP contribution in [0.5, 0.6) is 11.5 Å². The number of rotatable bonds is 15. The average Bonchev–Trinajstić information content (AvgIpc) is 3.48. The summed E-state index contributed by atoms with van der Waals surface area (Å²) in [5.74, 6) is 0.287. The molecule has 2 aromatic carbocycles. The maximum atomic E-state index is 12.3. The van der Waals surface area contributed by atoms with Gasteiger partial charge in [0.15, 0.2) is 18.2 Å². The van der Waals surface area contributed by atoms with Gasteiger partial charge in [0.1, 0.15) is 5.78 Å². The smallest absolute Gasteiger partial charge is 0.165 e. The number of aryl methyl sites for hydroxylation is 1. The number of phenolic OH excluding ortho intramolecular Hbond substituents is 1. The van der Waals surface area contributed by atoms with Crippen LogP contribution >= 0.6 is 0 Å². The second-order valence-corrected chi connectivity index (χ2v) is 10.5. The molecule has 0 aliphatic carbocycles. The maximum absolute atomic E-state index is 12.3. The molecule has 0 saturated carbocycles. The average molecular weight is 549 g/mol. The number of aromatic hydroxyl groups is 1. The number of nitrogens with zero attached hydrogens (tertiary/aromatic N) is 1. The molecule has 4 rings (SSSR count). The van der Waals surface area contributed by atoms with Crippen LogP contribution in [-0.4, -0.2) is 42.9 Å². The van der Waals surface area contributed by atoms with Crippen LogP contribution in [0.3, 0.4) is 0 Å². The quantitative estimate of drug-likeness (QED) is 0.122. The molecule has 8 N–H and O–H groups in total. The summed E-state index contributed by atoms with van der Waals surface area (Å²) in [6.07, 6.45) is 7.14. The third-order valence-electron chi connectivity index (χ3n) is 7.07. The third kappa shape index (κ3) is 7.95. The fourth-order valence-electron chi connectivity index (χ4n) is 4.94. The molecule has 0 radical (unpaired) electrons. The van der Waals surface area contributed by atoms with Crippen molar-refractivity contribution in [2.45, 2.75) is 77.0 Å². The topological polar surface area (TPSA) is 160 Å². The van der Waals surface area contributed by atoms with E-state index >= 15 is 0 Å². The molecular weight excluding hydrogens is 508 g/mol. The highest BCUT2D eigenvalue weighted by molar-refractivity contribution is 5.83. The first kappa shape index (κ1) is 29.4. The predicted molar refractivity (Wildman–Crippen MR) is 155 cm³/mol. The van der Waals surface area contributed by atoms with E-state index in [0.717, 1.165) is 46.0 Å². The molecule has 0 aliphatic rings. The van der Waals surface area contributed by atoms with Gasteiger partial charge in [0.05, 0.1) is 23.9 Å². The van der Waals surface area contributed by atoms with Crippen molar-refractivity contribution in [1.29, 1.82) is 0 Å². The number of ether oxygens (including phenoxy) is 1. The van der Waals surface area contributed by atoms with Gasteiger partial charge in [-0.05, 0) is 60.1 Å². The highest BCUT2D eigenvalue weighted by Crippen LogP contribution is 2.29. The number of fused-ring (bicyclic) bond motifs is 1. The molecule has 0 amide bonds. The van der Waals surface area contributed by atoms with Gasteiger partial charge in [0.25, 0.3) is 0 Å². The summed E-state index contributed by atoms with van der Waals surface area (Å²) in [6, 6.07) is 13.0. The Labute approximate surface area is 234 Å². The van der Waals surface area contributed by atoms with E-state index in [0.29, 0.717) is 18.6 Å². The first-order chi connectivity index (χ1) is 19.2. The SMILES string of the molecule is CCC[C@H](O)C[C@@H](O)CC(=O)CCc1ccc(O)c(OCn2cc3[nH]cc(Cc4cccc(C(N)N)c4)c3c2)c1. The van der Waals surface area contributed by atoms with Crippen LogP contribution in [0.1, 0.15) is 67.4 Å². The highest BCUT2D eigenvalue weighted by Gasteiger charge is 2.16. The molecule has 9 nitrogen and oxygen atoms in total. The molecule has 0 spiro atoms. The van der Waals surface area contributed by atoms with E-state index in [1.807, 2.05) is 54.3 Å². The normalized spacial score (nSPS) is 13.2. The number of aliphatic hydroxyl groups is 2. The van der Waals surface area contributed by atoms with Crippen molar-refractivity contribution in [2.24, 2.45) is 11.5 Å². The van der Waals surface area contributed by atoms with Crippen molar-refractivity contribution in [3.05, 3.63) is 83.3 Å². The molecule has 0 unspecified atom stereocenters. The molecule has 2 aromatic heterocycles. The van der Waals surface area contributed by atoms with Crippen molar-refractivity contribution in [3.8, 4) is 11.5 Å². The lowest BCUT2D eigenvalue weighted by molar-refractivity contribution is -0.121. The van der Waals surface area contributed by atoms with Crippen LogP contribution in [0.15, 0.2) is 61.1 Å². The van der Waals surface area contributed by atoms with Crippen molar-refractivity contribution in [2.75, 3.05) is 0 Å². The molecular formula is C31H40N4O5. The number of Topliss-reactive ketones (excluding diaryl/α,β-unsaturated/α-hetero) is 1. The molecule has 0 aliphatic heterocycles. The van der Waals surface area contributed by atoms with Crippen LogP contribution in [-0.2, 0) is 24.4 Å². The number of benzene rings is 2. The van der Waals surface area contributed by atoms with Gasteiger partial charge in [-0.15, -0.1) is 0 Å². The number of carbonyl (C=O) groups excluding carboxylic acids is 1. The minimum atomic E-state index is -0.838. The lowest BCUT2D eigenvalue weighted by Gasteiger charge is -2.14. The lowest BCUT2D eigenvalue weighted by atomic mass is 10.00. The third-order valence-corrected chi connectivity index (χ3v) is 7.07. The summed E-state index contributed by atoms with van der Waals surface area (Å²) in [4.78, 5) is 15.6. The van der Waals surface area contributed by atoms with Gasteiger partial charge < -0.3 is 41.1 Å². The van der Waals surface area contributed by atoms with Crippen molar-refractivity contribution in [1.82, 2.24) is 9.55 Å². The number of nitrogens with two attached hydrogens (primary N) is 2. The molecule has 4 aromatic rings. The predicted octanol–water partition coefficient (Wildman–Crippen LogP) is 4.02. The Kier molecular flexibility index (Phi) is 10.0. The number of hydrogen-bond acceptors (Lipinski definition) is 7. The summed E-state index contributed by atoms with van der Waals surface area (Å²) in [6.45, 7) is 2.16. The number of ketones is 1. The fourth-order valence-corrected chi connectivity index (χ4v) is 4.94. The largest absolute Gasteiger partial charge is 0.504 e. The Bertz CT molecular complexity index is 1410. The molecule has 0 bridgehead atoms. The number of H-pyrrole nitrogens is 1. The minimum Gasteiger partial charge on any atom is -0.504 e. The molecule has 0 saturated heterocycles. The highest BCUT2D eigenvalue weighted by atomic mass is 16.5. The van der Waals surface area contributed by atoms with Crippen LogP contribution < -0.4 is 16.2 Å². The van der Waals surface area contributed by atoms with E-state index in [2.05, 4.69) is 4.98 Å².